The van der Waals surface area contributed by atoms with Crippen LogP contribution >= 0.6 is 0 Å². The molecule has 2 aliphatic rings. The number of hydrogen-bond donors (Lipinski definition) is 2. The second kappa shape index (κ2) is 8.37. The number of rotatable bonds is 4. The third kappa shape index (κ3) is 4.24. The van der Waals surface area contributed by atoms with E-state index >= 15 is 0 Å². The largest absolute Gasteiger partial charge is 0.497 e. The molecule has 2 heterocycles. The van der Waals surface area contributed by atoms with Gasteiger partial charge in [0.05, 0.1) is 7.11 Å². The Labute approximate surface area is 189 Å². The first-order chi connectivity index (χ1) is 15.2. The number of benzene rings is 2. The summed E-state index contributed by atoms with van der Waals surface area (Å²) in [5, 5.41) is 3.09. The van der Waals surface area contributed by atoms with E-state index in [0.717, 1.165) is 42.0 Å². The first-order valence-corrected chi connectivity index (χ1v) is 11.1. The Morgan fingerprint density at radius 3 is 2.56 bits per heavy atom. The minimum absolute atomic E-state index is 0.0258. The van der Waals surface area contributed by atoms with Crippen molar-refractivity contribution in [1.82, 2.24) is 10.2 Å². The molecule has 0 spiro atoms. The van der Waals surface area contributed by atoms with Crippen LogP contribution < -0.4 is 20.7 Å². The number of carbonyl (C=O) groups is 2. The highest BCUT2D eigenvalue weighted by Crippen LogP contribution is 2.41. The summed E-state index contributed by atoms with van der Waals surface area (Å²) in [4.78, 5) is 31.3. The van der Waals surface area contributed by atoms with E-state index in [1.807, 2.05) is 63.2 Å². The minimum atomic E-state index is -0.770. The molecule has 170 valence electrons. The van der Waals surface area contributed by atoms with Gasteiger partial charge in [-0.05, 0) is 69.5 Å². The predicted octanol–water partition coefficient (Wildman–Crippen LogP) is 3.24. The monoisotopic (exact) mass is 436 g/mol. The Hall–Kier alpha value is -3.22. The number of hydrogen-bond acceptors (Lipinski definition) is 5. The van der Waals surface area contributed by atoms with Crippen molar-refractivity contribution in [3.8, 4) is 5.75 Å². The topological polar surface area (TPSA) is 87.9 Å². The molecule has 3 N–H and O–H groups in total. The molecule has 0 aliphatic carbocycles. The lowest BCUT2D eigenvalue weighted by Gasteiger charge is -2.33. The van der Waals surface area contributed by atoms with Gasteiger partial charge in [-0.2, -0.15) is 0 Å². The Balaban J connectivity index is 1.82. The Bertz CT molecular complexity index is 1010. The fraction of sp³-hybridized carbons (Fsp3) is 0.440. The van der Waals surface area contributed by atoms with Crippen LogP contribution in [0.3, 0.4) is 0 Å². The van der Waals surface area contributed by atoms with Gasteiger partial charge < -0.3 is 25.6 Å². The smallest absolute Gasteiger partial charge is 0.247 e. The van der Waals surface area contributed by atoms with E-state index in [1.165, 1.54) is 0 Å². The van der Waals surface area contributed by atoms with Gasteiger partial charge >= 0.3 is 0 Å². The molecule has 32 heavy (non-hydrogen) atoms. The zero-order valence-corrected chi connectivity index (χ0v) is 19.2. The summed E-state index contributed by atoms with van der Waals surface area (Å²) < 4.78 is 5.27. The van der Waals surface area contributed by atoms with Gasteiger partial charge in [-0.15, -0.1) is 0 Å². The molecule has 0 unspecified atom stereocenters. The minimum Gasteiger partial charge on any atom is -0.497 e. The Morgan fingerprint density at radius 1 is 1.19 bits per heavy atom. The molecule has 0 aromatic heterocycles. The van der Waals surface area contributed by atoms with Crippen molar-refractivity contribution in [1.29, 1.82) is 0 Å². The van der Waals surface area contributed by atoms with Crippen molar-refractivity contribution in [3.05, 3.63) is 53.6 Å². The average Bonchev–Trinajstić information content (AvgIpc) is 3.18. The van der Waals surface area contributed by atoms with Crippen molar-refractivity contribution in [2.75, 3.05) is 24.3 Å². The van der Waals surface area contributed by atoms with Crippen molar-refractivity contribution in [2.24, 2.45) is 0 Å². The number of fused-ring (bicyclic) bond motifs is 3. The lowest BCUT2D eigenvalue weighted by atomic mass is 9.98. The molecule has 2 aromatic rings. The van der Waals surface area contributed by atoms with E-state index in [4.69, 9.17) is 10.5 Å². The summed E-state index contributed by atoms with van der Waals surface area (Å²) in [6, 6.07) is 12.2. The maximum absolute atomic E-state index is 13.8. The summed E-state index contributed by atoms with van der Waals surface area (Å²) in [5.74, 6) is 0.521. The number of methoxy groups -OCH3 is 1. The van der Waals surface area contributed by atoms with Crippen molar-refractivity contribution in [3.63, 3.8) is 0 Å². The first kappa shape index (κ1) is 22.0. The number of anilines is 2. The zero-order chi connectivity index (χ0) is 23.0. The normalized spacial score (nSPS) is 20.4. The van der Waals surface area contributed by atoms with E-state index in [2.05, 4.69) is 10.2 Å². The second-order valence-corrected chi connectivity index (χ2v) is 9.63. The fourth-order valence-corrected chi connectivity index (χ4v) is 4.67. The van der Waals surface area contributed by atoms with Crippen LogP contribution in [0.1, 0.15) is 50.8 Å². The van der Waals surface area contributed by atoms with Crippen LogP contribution in [0, 0.1) is 0 Å². The van der Waals surface area contributed by atoms with Gasteiger partial charge in [0.15, 0.2) is 0 Å². The molecule has 4 rings (SSSR count). The third-order valence-electron chi connectivity index (χ3n) is 6.05. The maximum Gasteiger partial charge on any atom is 0.247 e. The van der Waals surface area contributed by atoms with E-state index in [9.17, 15) is 9.59 Å². The quantitative estimate of drug-likeness (QED) is 0.719. The van der Waals surface area contributed by atoms with Gasteiger partial charge in [0.25, 0.3) is 0 Å². The van der Waals surface area contributed by atoms with Crippen molar-refractivity contribution >= 4 is 23.2 Å². The molecule has 7 nitrogen and oxygen atoms in total. The number of nitrogens with one attached hydrogen (secondary N) is 1. The standard InChI is InChI=1S/C25H32N4O3/c1-25(2,3)27-23(30)22-19-14-17(26)9-12-20(19)28-13-5-6-21(28)24(31)29(22)15-16-7-10-18(32-4)11-8-16/h7-12,14,21-22H,5-6,13,15,26H2,1-4H3,(H,27,30)/t21-,22-/m0/s1. The van der Waals surface area contributed by atoms with Gasteiger partial charge in [-0.1, -0.05) is 12.1 Å². The first-order valence-electron chi connectivity index (χ1n) is 11.1. The van der Waals surface area contributed by atoms with Gasteiger partial charge in [-0.3, -0.25) is 9.59 Å². The van der Waals surface area contributed by atoms with Crippen LogP contribution in [0.25, 0.3) is 0 Å². The van der Waals surface area contributed by atoms with Crippen molar-refractivity contribution < 1.29 is 14.3 Å². The second-order valence-electron chi connectivity index (χ2n) is 9.63. The van der Waals surface area contributed by atoms with E-state index in [-0.39, 0.29) is 17.9 Å². The molecule has 1 fully saturated rings. The maximum atomic E-state index is 13.8. The number of nitrogens with two attached hydrogens (primary N) is 1. The number of nitrogens with zero attached hydrogens (tertiary/aromatic N) is 2. The summed E-state index contributed by atoms with van der Waals surface area (Å²) >= 11 is 0. The van der Waals surface area contributed by atoms with Crippen LogP contribution in [0.4, 0.5) is 11.4 Å². The molecular weight excluding hydrogens is 404 g/mol. The van der Waals surface area contributed by atoms with Gasteiger partial charge in [0.1, 0.15) is 17.8 Å². The number of nitrogen functional groups attached to an aromatic ring is 1. The summed E-state index contributed by atoms with van der Waals surface area (Å²) in [7, 11) is 1.62. The average molecular weight is 437 g/mol. The van der Waals surface area contributed by atoms with E-state index in [0.29, 0.717) is 12.2 Å². The molecule has 0 bridgehead atoms. The van der Waals surface area contributed by atoms with Gasteiger partial charge in [0, 0.05) is 35.6 Å². The number of carbonyl (C=O) groups excluding carboxylic acids is 2. The molecule has 2 aliphatic heterocycles. The number of amides is 2. The van der Waals surface area contributed by atoms with Gasteiger partial charge in [-0.25, -0.2) is 0 Å². The predicted molar refractivity (Wildman–Crippen MR) is 125 cm³/mol. The molecule has 2 aromatic carbocycles. The molecule has 0 radical (unpaired) electrons. The molecule has 0 saturated carbocycles. The highest BCUT2D eigenvalue weighted by Gasteiger charge is 2.45. The van der Waals surface area contributed by atoms with Crippen LogP contribution in [-0.4, -0.2) is 41.9 Å². The molecule has 2 amide bonds. The summed E-state index contributed by atoms with van der Waals surface area (Å²) in [6.07, 6.45) is 1.71. The van der Waals surface area contributed by atoms with E-state index < -0.39 is 11.6 Å². The van der Waals surface area contributed by atoms with Gasteiger partial charge in [0.2, 0.25) is 11.8 Å². The molecular formula is C25H32N4O3. The summed E-state index contributed by atoms with van der Waals surface area (Å²) in [5.41, 5.74) is 8.93. The third-order valence-corrected chi connectivity index (χ3v) is 6.05. The molecule has 2 atom stereocenters. The number of ether oxygens (including phenoxy) is 1. The highest BCUT2D eigenvalue weighted by molar-refractivity contribution is 5.96. The highest BCUT2D eigenvalue weighted by atomic mass is 16.5. The SMILES string of the molecule is COc1ccc(CN2C(=O)[C@@H]3CCCN3c3ccc(N)cc3[C@H]2C(=O)NC(C)(C)C)cc1. The zero-order valence-electron chi connectivity index (χ0n) is 19.2. The van der Waals surface area contributed by atoms with Crippen LogP contribution in [-0.2, 0) is 16.1 Å². The lowest BCUT2D eigenvalue weighted by Crippen LogP contribution is -2.50. The molecule has 7 heteroatoms. The van der Waals surface area contributed by atoms with Crippen LogP contribution in [0.15, 0.2) is 42.5 Å². The Kier molecular flexibility index (Phi) is 5.75. The Morgan fingerprint density at radius 2 is 1.91 bits per heavy atom. The fourth-order valence-electron chi connectivity index (χ4n) is 4.67. The lowest BCUT2D eigenvalue weighted by molar-refractivity contribution is -0.142. The van der Waals surface area contributed by atoms with E-state index in [1.54, 1.807) is 12.0 Å². The van der Waals surface area contributed by atoms with Crippen LogP contribution in [0.2, 0.25) is 0 Å². The molecule has 1 saturated heterocycles. The van der Waals surface area contributed by atoms with Crippen LogP contribution in [0.5, 0.6) is 5.75 Å². The summed E-state index contributed by atoms with van der Waals surface area (Å²) in [6.45, 7) is 6.93. The van der Waals surface area contributed by atoms with Crippen molar-refractivity contribution in [2.45, 2.75) is 57.8 Å².